The van der Waals surface area contributed by atoms with Crippen molar-refractivity contribution in [1.82, 2.24) is 9.55 Å². The molecule has 4 rings (SSSR count). The van der Waals surface area contributed by atoms with Crippen LogP contribution in [0.15, 0.2) is 71.7 Å². The summed E-state index contributed by atoms with van der Waals surface area (Å²) in [7, 11) is 0. The van der Waals surface area contributed by atoms with Crippen molar-refractivity contribution in [1.29, 1.82) is 0 Å². The molecule has 2 atom stereocenters. The maximum Gasteiger partial charge on any atom is 0.412 e. The second-order valence-corrected chi connectivity index (χ2v) is 10.3. The molecule has 2 aromatic carbocycles. The number of rotatable bonds is 8. The lowest BCUT2D eigenvalue weighted by Crippen LogP contribution is -2.35. The second-order valence-electron chi connectivity index (χ2n) is 10.3. The maximum atomic E-state index is 13.4. The molecular formula is C29H33N3O5. The average Bonchev–Trinajstić information content (AvgIpc) is 3.24. The van der Waals surface area contributed by atoms with Crippen molar-refractivity contribution >= 4 is 17.7 Å². The van der Waals surface area contributed by atoms with Gasteiger partial charge in [0, 0.05) is 5.92 Å². The van der Waals surface area contributed by atoms with Crippen molar-refractivity contribution < 1.29 is 19.1 Å². The van der Waals surface area contributed by atoms with Crippen LogP contribution in [0, 0.1) is 0 Å². The predicted octanol–water partition coefficient (Wildman–Crippen LogP) is 5.39. The van der Waals surface area contributed by atoms with E-state index in [0.717, 1.165) is 24.8 Å². The third kappa shape index (κ3) is 6.84. The van der Waals surface area contributed by atoms with E-state index in [1.807, 2.05) is 48.5 Å². The number of aryl methyl sites for hydroxylation is 1. The number of amides is 1. The zero-order chi connectivity index (χ0) is 26.4. The average molecular weight is 504 g/mol. The van der Waals surface area contributed by atoms with Crippen molar-refractivity contribution in [2.75, 3.05) is 5.32 Å². The molecule has 0 spiro atoms. The first-order valence-corrected chi connectivity index (χ1v) is 12.6. The van der Waals surface area contributed by atoms with Crippen LogP contribution in [0.25, 0.3) is 0 Å². The quantitative estimate of drug-likeness (QED) is 0.414. The molecule has 3 aromatic rings. The Morgan fingerprint density at radius 1 is 1.03 bits per heavy atom. The van der Waals surface area contributed by atoms with Crippen LogP contribution in [-0.4, -0.2) is 27.2 Å². The van der Waals surface area contributed by atoms with E-state index in [2.05, 4.69) is 22.4 Å². The summed E-state index contributed by atoms with van der Waals surface area (Å²) in [6.07, 6.45) is 3.55. The number of hydrogen-bond donors (Lipinski definition) is 1. The van der Waals surface area contributed by atoms with Gasteiger partial charge in [0.15, 0.2) is 0 Å². The van der Waals surface area contributed by atoms with Gasteiger partial charge in [-0.25, -0.2) is 14.6 Å². The number of carbonyl (C=O) groups excluding carboxylic acids is 2. The van der Waals surface area contributed by atoms with E-state index in [4.69, 9.17) is 9.47 Å². The molecule has 1 aliphatic heterocycles. The molecule has 0 saturated heterocycles. The van der Waals surface area contributed by atoms with Gasteiger partial charge < -0.3 is 9.47 Å². The number of nitrogens with zero attached hydrogens (tertiary/aromatic N) is 2. The number of ether oxygens (including phenoxy) is 2. The lowest BCUT2D eigenvalue weighted by atomic mass is 9.96. The van der Waals surface area contributed by atoms with Crippen LogP contribution in [0.5, 0.6) is 0 Å². The second kappa shape index (κ2) is 11.4. The van der Waals surface area contributed by atoms with Gasteiger partial charge >= 0.3 is 12.1 Å². The van der Waals surface area contributed by atoms with Crippen molar-refractivity contribution in [3.8, 4) is 0 Å². The Bertz CT molecular complexity index is 1280. The van der Waals surface area contributed by atoms with Crippen LogP contribution in [-0.2, 0) is 27.3 Å². The highest BCUT2D eigenvalue weighted by atomic mass is 16.6. The van der Waals surface area contributed by atoms with Gasteiger partial charge in [0.2, 0.25) is 0 Å². The lowest BCUT2D eigenvalue weighted by Gasteiger charge is -2.23. The molecule has 37 heavy (non-hydrogen) atoms. The normalized spacial score (nSPS) is 16.6. The third-order valence-corrected chi connectivity index (χ3v) is 6.20. The minimum absolute atomic E-state index is 0.0414. The summed E-state index contributed by atoms with van der Waals surface area (Å²) in [5.74, 6) is -0.0165. The van der Waals surface area contributed by atoms with Crippen LogP contribution in [0.4, 0.5) is 10.5 Å². The largest absolute Gasteiger partial charge is 0.458 e. The van der Waals surface area contributed by atoms with Gasteiger partial charge in [-0.3, -0.25) is 14.7 Å². The van der Waals surface area contributed by atoms with Gasteiger partial charge in [-0.1, -0.05) is 60.7 Å². The molecule has 0 bridgehead atoms. The van der Waals surface area contributed by atoms with Gasteiger partial charge in [0.25, 0.3) is 5.56 Å². The van der Waals surface area contributed by atoms with Gasteiger partial charge in [0.1, 0.15) is 29.8 Å². The van der Waals surface area contributed by atoms with Crippen LogP contribution >= 0.6 is 0 Å². The molecule has 0 saturated carbocycles. The number of benzene rings is 2. The Hall–Kier alpha value is -3.94. The Labute approximate surface area is 216 Å². The summed E-state index contributed by atoms with van der Waals surface area (Å²) in [6, 6.07) is 18.6. The highest BCUT2D eigenvalue weighted by Crippen LogP contribution is 2.38. The Balaban J connectivity index is 1.51. The number of carbonyl (C=O) groups is 2. The first-order valence-electron chi connectivity index (χ1n) is 12.6. The Morgan fingerprint density at radius 2 is 1.68 bits per heavy atom. The third-order valence-electron chi connectivity index (χ3n) is 6.20. The van der Waals surface area contributed by atoms with E-state index in [1.54, 1.807) is 20.8 Å². The molecule has 0 radical (unpaired) electrons. The predicted molar refractivity (Wildman–Crippen MR) is 140 cm³/mol. The van der Waals surface area contributed by atoms with Crippen molar-refractivity contribution in [2.24, 2.45) is 0 Å². The molecule has 0 aliphatic carbocycles. The fraction of sp³-hybridized carbons (Fsp3) is 0.379. The van der Waals surface area contributed by atoms with Crippen LogP contribution in [0.1, 0.15) is 68.9 Å². The van der Waals surface area contributed by atoms with E-state index in [9.17, 15) is 14.4 Å². The van der Waals surface area contributed by atoms with Crippen LogP contribution < -0.4 is 10.9 Å². The van der Waals surface area contributed by atoms with Gasteiger partial charge in [0.05, 0.1) is 6.20 Å². The Kier molecular flexibility index (Phi) is 8.06. The summed E-state index contributed by atoms with van der Waals surface area (Å²) < 4.78 is 12.3. The fourth-order valence-electron chi connectivity index (χ4n) is 4.54. The summed E-state index contributed by atoms with van der Waals surface area (Å²) >= 11 is 0. The maximum absolute atomic E-state index is 13.4. The summed E-state index contributed by atoms with van der Waals surface area (Å²) in [5.41, 5.74) is 0.827. The smallest absolute Gasteiger partial charge is 0.412 e. The topological polar surface area (TPSA) is 99.5 Å². The molecule has 8 nitrogen and oxygen atoms in total. The molecule has 1 N–H and O–H groups in total. The molecular weight excluding hydrogens is 470 g/mol. The highest BCUT2D eigenvalue weighted by Gasteiger charge is 2.39. The first-order chi connectivity index (χ1) is 17.7. The standard InChI is InChI=1S/C29H33N3O5/c1-29(2,3)37-27(34)24-17-22(16-10-15-20-11-6-4-7-12-20)25-30-18-23(26(33)32(24)25)31-28(35)36-19-21-13-8-5-9-14-21/h4-9,11-14,18,22,24H,10,15-17,19H2,1-3H3,(H,31,35)/t22?,24-/m0/s1. The number of hydrogen-bond acceptors (Lipinski definition) is 6. The zero-order valence-corrected chi connectivity index (χ0v) is 21.5. The Morgan fingerprint density at radius 3 is 2.32 bits per heavy atom. The van der Waals surface area contributed by atoms with E-state index in [0.29, 0.717) is 12.2 Å². The molecule has 194 valence electrons. The van der Waals surface area contributed by atoms with Gasteiger partial charge in [-0.05, 0) is 57.6 Å². The highest BCUT2D eigenvalue weighted by molar-refractivity contribution is 5.84. The van der Waals surface area contributed by atoms with E-state index >= 15 is 0 Å². The summed E-state index contributed by atoms with van der Waals surface area (Å²) in [6.45, 7) is 5.44. The zero-order valence-electron chi connectivity index (χ0n) is 21.5. The SMILES string of the molecule is CC(C)(C)OC(=O)[C@@H]1CC(CCCc2ccccc2)c2ncc(NC(=O)OCc3ccccc3)c(=O)n21. The molecule has 2 heterocycles. The number of fused-ring (bicyclic) bond motifs is 1. The lowest BCUT2D eigenvalue weighted by molar-refractivity contribution is -0.159. The van der Waals surface area contributed by atoms with Crippen molar-refractivity contribution in [2.45, 2.75) is 70.6 Å². The fourth-order valence-corrected chi connectivity index (χ4v) is 4.54. The number of nitrogens with one attached hydrogen (secondary N) is 1. The van der Waals surface area contributed by atoms with E-state index < -0.39 is 29.3 Å². The molecule has 1 aromatic heterocycles. The summed E-state index contributed by atoms with van der Waals surface area (Å²) in [4.78, 5) is 43.4. The van der Waals surface area contributed by atoms with Crippen LogP contribution in [0.3, 0.4) is 0 Å². The first kappa shape index (κ1) is 26.1. The van der Waals surface area contributed by atoms with Crippen LogP contribution in [0.2, 0.25) is 0 Å². The van der Waals surface area contributed by atoms with Crippen molar-refractivity contribution in [3.63, 3.8) is 0 Å². The molecule has 8 heteroatoms. The van der Waals surface area contributed by atoms with Crippen molar-refractivity contribution in [3.05, 3.63) is 94.2 Å². The summed E-state index contributed by atoms with van der Waals surface area (Å²) in [5, 5.41) is 2.49. The molecule has 1 aliphatic rings. The van der Waals surface area contributed by atoms with E-state index in [-0.39, 0.29) is 18.2 Å². The molecule has 0 fully saturated rings. The number of aromatic nitrogens is 2. The number of anilines is 1. The van der Waals surface area contributed by atoms with Gasteiger partial charge in [-0.2, -0.15) is 0 Å². The molecule has 1 amide bonds. The monoisotopic (exact) mass is 503 g/mol. The number of esters is 1. The van der Waals surface area contributed by atoms with E-state index in [1.165, 1.54) is 16.3 Å². The minimum atomic E-state index is -0.807. The minimum Gasteiger partial charge on any atom is -0.458 e. The van der Waals surface area contributed by atoms with Gasteiger partial charge in [-0.15, -0.1) is 0 Å². The molecule has 1 unspecified atom stereocenters.